The summed E-state index contributed by atoms with van der Waals surface area (Å²) in [5, 5.41) is 39.6. The molecule has 2 rings (SSSR count). The molecule has 0 bridgehead atoms. The normalized spacial score (nSPS) is 24.8. The van der Waals surface area contributed by atoms with Crippen LogP contribution in [0, 0.1) is 11.8 Å². The molecule has 8 heteroatoms. The maximum Gasteiger partial charge on any atom is 0.416 e. The molecule has 5 atom stereocenters. The molecule has 1 aliphatic carbocycles. The summed E-state index contributed by atoms with van der Waals surface area (Å²) in [4.78, 5) is 10.5. The molecule has 0 amide bonds. The Kier molecular flexibility index (Phi) is 10.2. The molecule has 1 fully saturated rings. The molecule has 0 radical (unpaired) electrons. The summed E-state index contributed by atoms with van der Waals surface area (Å²) < 4.78 is 38.4. The fourth-order valence-electron chi connectivity index (χ4n) is 4.49. The van der Waals surface area contributed by atoms with Crippen LogP contribution in [0.25, 0.3) is 6.08 Å². The third-order valence-electron chi connectivity index (χ3n) is 6.22. The second-order valence-corrected chi connectivity index (χ2v) is 8.67. The Bertz CT molecular complexity index is 749. The highest BCUT2D eigenvalue weighted by Gasteiger charge is 2.40. The molecule has 5 nitrogen and oxygen atoms in total. The van der Waals surface area contributed by atoms with E-state index < -0.39 is 36.0 Å². The van der Waals surface area contributed by atoms with Crippen molar-refractivity contribution < 1.29 is 38.4 Å². The molecule has 180 valence electrons. The fourth-order valence-corrected chi connectivity index (χ4v) is 4.49. The maximum atomic E-state index is 12.8. The highest BCUT2D eigenvalue weighted by atomic mass is 19.4. The molecule has 0 spiro atoms. The average Bonchev–Trinajstić information content (AvgIpc) is 2.99. The highest BCUT2D eigenvalue weighted by Crippen LogP contribution is 2.39. The molecule has 0 aromatic heterocycles. The van der Waals surface area contributed by atoms with Gasteiger partial charge >= 0.3 is 12.1 Å². The largest absolute Gasteiger partial charge is 0.481 e. The van der Waals surface area contributed by atoms with Gasteiger partial charge in [-0.2, -0.15) is 13.2 Å². The number of aliphatic hydroxyl groups is 3. The molecule has 1 saturated carbocycles. The molecule has 4 N–H and O–H groups in total. The highest BCUT2D eigenvalue weighted by molar-refractivity contribution is 5.66. The summed E-state index contributed by atoms with van der Waals surface area (Å²) in [7, 11) is 0. The van der Waals surface area contributed by atoms with Gasteiger partial charge in [-0.1, -0.05) is 43.5 Å². The van der Waals surface area contributed by atoms with Crippen LogP contribution < -0.4 is 0 Å². The number of unbranched alkanes of at least 4 members (excludes halogenated alkanes) is 3. The van der Waals surface area contributed by atoms with Crippen LogP contribution in [-0.4, -0.2) is 44.7 Å². The summed E-state index contributed by atoms with van der Waals surface area (Å²) in [5.41, 5.74) is -0.404. The van der Waals surface area contributed by atoms with Crippen molar-refractivity contribution in [2.75, 3.05) is 0 Å². The summed E-state index contributed by atoms with van der Waals surface area (Å²) >= 11 is 0. The monoisotopic (exact) mass is 458 g/mol. The van der Waals surface area contributed by atoms with Gasteiger partial charge in [0.15, 0.2) is 0 Å². The van der Waals surface area contributed by atoms with Crippen LogP contribution in [0.5, 0.6) is 0 Å². The number of benzene rings is 1. The molecule has 1 aromatic rings. The van der Waals surface area contributed by atoms with E-state index in [4.69, 9.17) is 5.11 Å². The molecular formula is C24H33F3O5. The molecule has 32 heavy (non-hydrogen) atoms. The molecule has 0 heterocycles. The molecule has 0 aliphatic heterocycles. The lowest BCUT2D eigenvalue weighted by atomic mass is 9.85. The Morgan fingerprint density at radius 3 is 2.38 bits per heavy atom. The van der Waals surface area contributed by atoms with Crippen molar-refractivity contribution in [1.82, 2.24) is 0 Å². The van der Waals surface area contributed by atoms with Crippen LogP contribution >= 0.6 is 0 Å². The van der Waals surface area contributed by atoms with Crippen molar-refractivity contribution in [3.63, 3.8) is 0 Å². The number of alkyl halides is 3. The van der Waals surface area contributed by atoms with E-state index in [0.717, 1.165) is 37.8 Å². The van der Waals surface area contributed by atoms with Gasteiger partial charge in [-0.25, -0.2) is 0 Å². The molecule has 1 aromatic carbocycles. The predicted octanol–water partition coefficient (Wildman–Crippen LogP) is 4.64. The zero-order valence-electron chi connectivity index (χ0n) is 18.0. The van der Waals surface area contributed by atoms with E-state index in [1.807, 2.05) is 0 Å². The number of hydrogen-bond acceptors (Lipinski definition) is 4. The van der Waals surface area contributed by atoms with E-state index in [1.165, 1.54) is 24.3 Å². The van der Waals surface area contributed by atoms with Gasteiger partial charge in [0.05, 0.1) is 23.9 Å². The van der Waals surface area contributed by atoms with Gasteiger partial charge in [-0.3, -0.25) is 4.79 Å². The van der Waals surface area contributed by atoms with E-state index >= 15 is 0 Å². The Balaban J connectivity index is 1.82. The number of carboxylic acid groups (broad SMARTS) is 1. The van der Waals surface area contributed by atoms with E-state index in [2.05, 4.69) is 0 Å². The molecule has 1 unspecified atom stereocenters. The lowest BCUT2D eigenvalue weighted by Gasteiger charge is -2.24. The van der Waals surface area contributed by atoms with Gasteiger partial charge in [-0.15, -0.1) is 0 Å². The Morgan fingerprint density at radius 1 is 1.06 bits per heavy atom. The first-order valence-corrected chi connectivity index (χ1v) is 11.2. The summed E-state index contributed by atoms with van der Waals surface area (Å²) in [6.07, 6.45) is 1.49. The fraction of sp³-hybridized carbons (Fsp3) is 0.625. The first-order chi connectivity index (χ1) is 15.1. The minimum atomic E-state index is -4.42. The number of rotatable bonds is 12. The van der Waals surface area contributed by atoms with Crippen LogP contribution in [0.15, 0.2) is 30.3 Å². The number of carbonyl (C=O) groups is 1. The van der Waals surface area contributed by atoms with E-state index in [1.54, 1.807) is 0 Å². The molecule has 0 saturated heterocycles. The minimum absolute atomic E-state index is 0.0795. The van der Waals surface area contributed by atoms with Crippen molar-refractivity contribution in [3.8, 4) is 0 Å². The zero-order valence-corrected chi connectivity index (χ0v) is 18.0. The second-order valence-electron chi connectivity index (χ2n) is 8.67. The van der Waals surface area contributed by atoms with E-state index in [0.29, 0.717) is 31.2 Å². The van der Waals surface area contributed by atoms with Crippen molar-refractivity contribution in [1.29, 1.82) is 0 Å². The van der Waals surface area contributed by atoms with Gasteiger partial charge in [0.2, 0.25) is 0 Å². The third-order valence-corrected chi connectivity index (χ3v) is 6.22. The summed E-state index contributed by atoms with van der Waals surface area (Å²) in [5.74, 6) is -1.04. The first kappa shape index (κ1) is 26.4. The van der Waals surface area contributed by atoms with Crippen LogP contribution in [0.3, 0.4) is 0 Å². The van der Waals surface area contributed by atoms with Crippen molar-refractivity contribution in [3.05, 3.63) is 41.5 Å². The summed E-state index contributed by atoms with van der Waals surface area (Å²) in [6, 6.07) is 4.86. The third kappa shape index (κ3) is 8.56. The maximum absolute atomic E-state index is 12.8. The quantitative estimate of drug-likeness (QED) is 0.342. The Hall–Kier alpha value is -1.90. The van der Waals surface area contributed by atoms with Gasteiger partial charge < -0.3 is 20.4 Å². The predicted molar refractivity (Wildman–Crippen MR) is 115 cm³/mol. The minimum Gasteiger partial charge on any atom is -0.481 e. The SMILES string of the molecule is O=C(O)CCCCCC[C@@H]1[C@@H](CCC(O)/C=C/c2cccc(C(F)(F)F)c2)[C@H](O)C[C@@H]1O. The average molecular weight is 459 g/mol. The van der Waals surface area contributed by atoms with Gasteiger partial charge in [0.25, 0.3) is 0 Å². The van der Waals surface area contributed by atoms with Crippen molar-refractivity contribution in [2.24, 2.45) is 11.8 Å². The van der Waals surface area contributed by atoms with Crippen LogP contribution in [0.4, 0.5) is 13.2 Å². The van der Waals surface area contributed by atoms with Crippen LogP contribution in [0.2, 0.25) is 0 Å². The van der Waals surface area contributed by atoms with E-state index in [9.17, 15) is 33.3 Å². The first-order valence-electron chi connectivity index (χ1n) is 11.2. The zero-order chi connectivity index (χ0) is 23.7. The topological polar surface area (TPSA) is 98.0 Å². The summed E-state index contributed by atoms with van der Waals surface area (Å²) in [6.45, 7) is 0. The lowest BCUT2D eigenvalue weighted by molar-refractivity contribution is -0.138. The Morgan fingerprint density at radius 2 is 1.72 bits per heavy atom. The molecular weight excluding hydrogens is 425 g/mol. The van der Waals surface area contributed by atoms with Crippen molar-refractivity contribution >= 4 is 12.0 Å². The standard InChI is InChI=1S/C24H33F3O5/c25-24(26,27)17-7-5-6-16(14-17)10-11-18(28)12-13-20-19(21(29)15-22(20)30)8-3-1-2-4-9-23(31)32/h5-7,10-11,14,18-22,28-30H,1-4,8-9,12-13,15H2,(H,31,32)/b11-10+/t18?,19-,20-,21+,22-/m1/s1. The van der Waals surface area contributed by atoms with Crippen LogP contribution in [0.1, 0.15) is 68.9 Å². The number of carboxylic acids is 1. The number of aliphatic carboxylic acids is 1. The smallest absolute Gasteiger partial charge is 0.416 e. The van der Waals surface area contributed by atoms with E-state index in [-0.39, 0.29) is 18.3 Å². The van der Waals surface area contributed by atoms with Crippen molar-refractivity contribution in [2.45, 2.75) is 82.3 Å². The molecule has 1 aliphatic rings. The number of aliphatic hydroxyl groups excluding tert-OH is 3. The number of hydrogen-bond donors (Lipinski definition) is 4. The van der Waals surface area contributed by atoms with Gasteiger partial charge in [0, 0.05) is 6.42 Å². The Labute approximate surface area is 186 Å². The lowest BCUT2D eigenvalue weighted by Crippen LogP contribution is -2.23. The van der Waals surface area contributed by atoms with Gasteiger partial charge in [0.1, 0.15) is 0 Å². The van der Waals surface area contributed by atoms with Crippen LogP contribution in [-0.2, 0) is 11.0 Å². The number of halogens is 3. The van der Waals surface area contributed by atoms with Gasteiger partial charge in [-0.05, 0) is 61.6 Å². The second kappa shape index (κ2) is 12.4.